The van der Waals surface area contributed by atoms with Crippen molar-refractivity contribution in [2.45, 2.75) is 44.5 Å². The van der Waals surface area contributed by atoms with E-state index in [1.54, 1.807) is 20.8 Å². The smallest absolute Gasteiger partial charge is 0.407 e. The van der Waals surface area contributed by atoms with Crippen molar-refractivity contribution in [1.29, 1.82) is 0 Å². The first kappa shape index (κ1) is 24.8. The fraction of sp³-hybridized carbons (Fsp3) is 0.600. The summed E-state index contributed by atoms with van der Waals surface area (Å²) in [4.78, 5) is 41.6. The van der Waals surface area contributed by atoms with E-state index in [-0.39, 0.29) is 6.61 Å². The van der Waals surface area contributed by atoms with Crippen LogP contribution in [-0.2, 0) is 24.1 Å². The zero-order valence-electron chi connectivity index (χ0n) is 17.1. The van der Waals surface area contributed by atoms with Crippen LogP contribution in [0.15, 0.2) is 5.16 Å². The fourth-order valence-electron chi connectivity index (χ4n) is 2.00. The van der Waals surface area contributed by atoms with Crippen LogP contribution in [-0.4, -0.2) is 66.4 Å². The maximum absolute atomic E-state index is 12.3. The maximum Gasteiger partial charge on any atom is 0.407 e. The van der Waals surface area contributed by atoms with E-state index in [1.807, 2.05) is 0 Å². The van der Waals surface area contributed by atoms with Crippen LogP contribution in [0, 0.1) is 10.1 Å². The number of ether oxygens (including phenoxy) is 2. The van der Waals surface area contributed by atoms with E-state index in [0.717, 1.165) is 6.26 Å². The van der Waals surface area contributed by atoms with Gasteiger partial charge in [0, 0.05) is 6.26 Å². The van der Waals surface area contributed by atoms with Gasteiger partial charge in [-0.25, -0.2) is 18.0 Å². The van der Waals surface area contributed by atoms with Gasteiger partial charge < -0.3 is 25.8 Å². The van der Waals surface area contributed by atoms with Crippen LogP contribution in [0.25, 0.3) is 0 Å². The Balaban J connectivity index is 3.28. The molecule has 0 saturated heterocycles. The van der Waals surface area contributed by atoms with Crippen molar-refractivity contribution < 1.29 is 32.4 Å². The highest BCUT2D eigenvalue weighted by atomic mass is 32.2. The molecule has 1 aromatic rings. The van der Waals surface area contributed by atoms with Crippen molar-refractivity contribution in [1.82, 2.24) is 15.3 Å². The molecular weight excluding hydrogens is 424 g/mol. The molecule has 0 aliphatic heterocycles. The first-order valence-corrected chi connectivity index (χ1v) is 10.5. The van der Waals surface area contributed by atoms with Crippen LogP contribution in [0.5, 0.6) is 0 Å². The number of nitrogen functional groups attached to an aromatic ring is 1. The topological polar surface area (TPSA) is 206 Å². The molecule has 1 unspecified atom stereocenters. The third-order valence-electron chi connectivity index (χ3n) is 3.14. The van der Waals surface area contributed by atoms with Crippen molar-refractivity contribution >= 4 is 39.2 Å². The van der Waals surface area contributed by atoms with Crippen LogP contribution in [0.3, 0.4) is 0 Å². The van der Waals surface area contributed by atoms with Gasteiger partial charge >= 0.3 is 17.7 Å². The van der Waals surface area contributed by atoms with Gasteiger partial charge in [0.2, 0.25) is 21.5 Å². The van der Waals surface area contributed by atoms with E-state index in [1.165, 1.54) is 6.92 Å². The van der Waals surface area contributed by atoms with E-state index >= 15 is 0 Å². The van der Waals surface area contributed by atoms with Crippen LogP contribution in [0.4, 0.5) is 22.1 Å². The van der Waals surface area contributed by atoms with Crippen LogP contribution >= 0.6 is 0 Å². The highest BCUT2D eigenvalue weighted by molar-refractivity contribution is 7.90. The third-order valence-corrected chi connectivity index (χ3v) is 3.98. The minimum absolute atomic E-state index is 0.0218. The molecule has 30 heavy (non-hydrogen) atoms. The molecule has 0 aromatic carbocycles. The van der Waals surface area contributed by atoms with Crippen LogP contribution in [0.1, 0.15) is 27.7 Å². The highest BCUT2D eigenvalue weighted by Gasteiger charge is 2.31. The van der Waals surface area contributed by atoms with Gasteiger partial charge in [-0.2, -0.15) is 9.97 Å². The summed E-state index contributed by atoms with van der Waals surface area (Å²) >= 11 is 0. The van der Waals surface area contributed by atoms with Gasteiger partial charge in [0.05, 0.1) is 18.1 Å². The summed E-state index contributed by atoms with van der Waals surface area (Å²) in [7, 11) is -3.97. The monoisotopic (exact) mass is 448 g/mol. The van der Waals surface area contributed by atoms with Gasteiger partial charge in [-0.1, -0.05) is 0 Å². The van der Waals surface area contributed by atoms with E-state index in [4.69, 9.17) is 15.2 Å². The van der Waals surface area contributed by atoms with E-state index < -0.39 is 67.5 Å². The number of aromatic nitrogens is 2. The Bertz CT molecular complexity index is 928. The van der Waals surface area contributed by atoms with E-state index in [9.17, 15) is 28.1 Å². The molecule has 0 bridgehead atoms. The molecule has 0 spiro atoms. The van der Waals surface area contributed by atoms with Gasteiger partial charge in [-0.3, -0.25) is 10.1 Å². The maximum atomic E-state index is 12.3. The van der Waals surface area contributed by atoms with Gasteiger partial charge in [0.1, 0.15) is 11.6 Å². The van der Waals surface area contributed by atoms with Crippen molar-refractivity contribution in [3.63, 3.8) is 0 Å². The number of anilines is 2. The Morgan fingerprint density at radius 3 is 2.37 bits per heavy atom. The number of alkyl carbamates (subject to hydrolysis) is 1. The summed E-state index contributed by atoms with van der Waals surface area (Å²) in [6.45, 7) is 5.99. The third kappa shape index (κ3) is 7.31. The second-order valence-electron chi connectivity index (χ2n) is 6.95. The van der Waals surface area contributed by atoms with Crippen molar-refractivity contribution in [2.24, 2.45) is 0 Å². The number of nitro groups is 1. The molecule has 1 atom stereocenters. The number of carbonyl (C=O) groups is 2. The molecule has 0 aliphatic rings. The predicted molar refractivity (Wildman–Crippen MR) is 104 cm³/mol. The van der Waals surface area contributed by atoms with Gasteiger partial charge in [-0.15, -0.1) is 0 Å². The van der Waals surface area contributed by atoms with Crippen LogP contribution < -0.4 is 16.4 Å². The Labute approximate surface area is 172 Å². The number of hydrogen-bond acceptors (Lipinski definition) is 12. The number of hydrogen-bond donors (Lipinski definition) is 3. The molecule has 1 amide bonds. The highest BCUT2D eigenvalue weighted by Crippen LogP contribution is 2.29. The molecule has 0 fully saturated rings. The molecule has 0 saturated carbocycles. The first-order valence-electron chi connectivity index (χ1n) is 8.57. The summed E-state index contributed by atoms with van der Waals surface area (Å²) in [5.74, 6) is -2.24. The van der Waals surface area contributed by atoms with Gasteiger partial charge in [-0.05, 0) is 27.7 Å². The molecular formula is C15H24N6O8S. The minimum atomic E-state index is -3.97. The largest absolute Gasteiger partial charge is 0.464 e. The predicted octanol–water partition coefficient (Wildman–Crippen LogP) is 0.239. The number of sulfone groups is 1. The SMILES string of the molecule is CCOC(=O)C(CNC(=O)OC(C)(C)C)Nc1nc(S(C)(=O)=O)nc(N)c1[N+](=O)[O-]. The number of nitrogens with zero attached hydrogens (tertiary/aromatic N) is 3. The lowest BCUT2D eigenvalue weighted by atomic mass is 10.2. The molecule has 14 nitrogen and oxygen atoms in total. The quantitative estimate of drug-likeness (QED) is 0.211. The average Bonchev–Trinajstić information content (AvgIpc) is 2.55. The lowest BCUT2D eigenvalue weighted by Crippen LogP contribution is -2.44. The minimum Gasteiger partial charge on any atom is -0.464 e. The number of esters is 1. The molecule has 0 radical (unpaired) electrons. The molecule has 1 rings (SSSR count). The molecule has 0 aliphatic carbocycles. The molecule has 168 valence electrons. The summed E-state index contributed by atoms with van der Waals surface area (Å²) in [5.41, 5.74) is 3.88. The number of nitrogens with one attached hydrogen (secondary N) is 2. The summed E-state index contributed by atoms with van der Waals surface area (Å²) in [5, 5.41) is 15.3. The summed E-state index contributed by atoms with van der Waals surface area (Å²) < 4.78 is 33.4. The van der Waals surface area contributed by atoms with Crippen molar-refractivity contribution in [3.05, 3.63) is 10.1 Å². The van der Waals surface area contributed by atoms with Crippen molar-refractivity contribution in [3.8, 4) is 0 Å². The standard InChI is InChI=1S/C15H24N6O8S/c1-6-28-12(22)8(7-17-14(23)29-15(2,3)4)18-11-9(21(24)25)10(16)19-13(20-11)30(5,26)27/h8H,6-7H2,1-5H3,(H,17,23)(H3,16,18,19,20). The zero-order chi connectivity index (χ0) is 23.3. The van der Waals surface area contributed by atoms with E-state index in [2.05, 4.69) is 20.6 Å². The Morgan fingerprint density at radius 1 is 1.30 bits per heavy atom. The lowest BCUT2D eigenvalue weighted by Gasteiger charge is -2.22. The molecule has 1 aromatic heterocycles. The molecule has 15 heteroatoms. The van der Waals surface area contributed by atoms with Crippen LogP contribution in [0.2, 0.25) is 0 Å². The second-order valence-corrected chi connectivity index (χ2v) is 8.86. The Hall–Kier alpha value is -3.23. The summed E-state index contributed by atoms with van der Waals surface area (Å²) in [6.07, 6.45) is -0.0725. The zero-order valence-corrected chi connectivity index (χ0v) is 17.9. The van der Waals surface area contributed by atoms with Gasteiger partial charge in [0.15, 0.2) is 0 Å². The fourth-order valence-corrected chi connectivity index (χ4v) is 2.52. The Kier molecular flexibility index (Phi) is 7.87. The molecule has 1 heterocycles. The normalized spacial score (nSPS) is 12.6. The molecule has 4 N–H and O–H groups in total. The number of carbonyl (C=O) groups excluding carboxylic acids is 2. The average molecular weight is 448 g/mol. The van der Waals surface area contributed by atoms with Gasteiger partial charge in [0.25, 0.3) is 5.16 Å². The Morgan fingerprint density at radius 2 is 1.90 bits per heavy atom. The number of amides is 1. The second kappa shape index (κ2) is 9.51. The lowest BCUT2D eigenvalue weighted by molar-refractivity contribution is -0.383. The van der Waals surface area contributed by atoms with Crippen molar-refractivity contribution in [2.75, 3.05) is 30.5 Å². The number of nitrogens with two attached hydrogens (primary N) is 1. The van der Waals surface area contributed by atoms with E-state index in [0.29, 0.717) is 0 Å². The number of rotatable bonds is 8. The summed E-state index contributed by atoms with van der Waals surface area (Å²) in [6, 6.07) is -1.38. The first-order chi connectivity index (χ1) is 13.7.